The van der Waals surface area contributed by atoms with Crippen LogP contribution in [0, 0.1) is 0 Å². The molecule has 0 bridgehead atoms. The van der Waals surface area contributed by atoms with Gasteiger partial charge in [-0.15, -0.1) is 0 Å². The number of ether oxygens (including phenoxy) is 1. The van der Waals surface area contributed by atoms with Crippen LogP contribution < -0.4 is 0 Å². The summed E-state index contributed by atoms with van der Waals surface area (Å²) in [5.41, 5.74) is 0. The Morgan fingerprint density at radius 1 is 1.17 bits per heavy atom. The summed E-state index contributed by atoms with van der Waals surface area (Å²) in [5, 5.41) is 8.94. The van der Waals surface area contributed by atoms with Gasteiger partial charge in [0.1, 0.15) is 0 Å². The van der Waals surface area contributed by atoms with E-state index < -0.39 is 12.1 Å². The molecule has 0 aromatic heterocycles. The van der Waals surface area contributed by atoms with Crippen LogP contribution in [0.1, 0.15) is 46.0 Å². The number of carbonyl (C=O) groups excluding carboxylic acids is 2. The molecule has 0 spiro atoms. The molecular weight excluding hydrogens is 300 g/mol. The minimum absolute atomic E-state index is 0.0832. The van der Waals surface area contributed by atoms with Gasteiger partial charge in [0.2, 0.25) is 11.8 Å². The van der Waals surface area contributed by atoms with Crippen molar-refractivity contribution >= 4 is 17.8 Å². The summed E-state index contributed by atoms with van der Waals surface area (Å²) in [6.07, 6.45) is 2.03. The van der Waals surface area contributed by atoms with E-state index in [0.717, 1.165) is 25.9 Å². The van der Waals surface area contributed by atoms with E-state index in [2.05, 4.69) is 0 Å². The van der Waals surface area contributed by atoms with Gasteiger partial charge in [-0.25, -0.2) is 4.79 Å². The Bertz CT molecular complexity index is 407. The second-order valence-electron chi connectivity index (χ2n) is 5.77. The van der Waals surface area contributed by atoms with Gasteiger partial charge in [-0.2, -0.15) is 0 Å². The van der Waals surface area contributed by atoms with E-state index in [0.29, 0.717) is 19.4 Å². The van der Waals surface area contributed by atoms with E-state index in [1.165, 1.54) is 4.90 Å². The first-order valence-electron chi connectivity index (χ1n) is 8.39. The molecule has 1 rings (SSSR count). The van der Waals surface area contributed by atoms with Gasteiger partial charge in [0.25, 0.3) is 0 Å². The van der Waals surface area contributed by atoms with Crippen molar-refractivity contribution in [3.05, 3.63) is 0 Å². The van der Waals surface area contributed by atoms with Gasteiger partial charge < -0.3 is 19.6 Å². The van der Waals surface area contributed by atoms with Crippen molar-refractivity contribution in [3.63, 3.8) is 0 Å². The molecule has 0 radical (unpaired) electrons. The van der Waals surface area contributed by atoms with Crippen LogP contribution in [0.3, 0.4) is 0 Å². The number of morpholine rings is 1. The fraction of sp³-hybridized carbons (Fsp3) is 0.812. The number of rotatable bonds is 9. The number of nitrogens with zero attached hydrogens (tertiary/aromatic N) is 2. The predicted octanol–water partition coefficient (Wildman–Crippen LogP) is 1.12. The number of hydrogen-bond acceptors (Lipinski definition) is 4. The molecule has 1 aliphatic rings. The van der Waals surface area contributed by atoms with Crippen LogP contribution in [0.5, 0.6) is 0 Å². The van der Waals surface area contributed by atoms with Gasteiger partial charge in [-0.3, -0.25) is 9.59 Å². The van der Waals surface area contributed by atoms with E-state index in [9.17, 15) is 14.4 Å². The Labute approximate surface area is 137 Å². The molecule has 0 aliphatic carbocycles. The highest BCUT2D eigenvalue weighted by Crippen LogP contribution is 2.10. The van der Waals surface area contributed by atoms with E-state index in [4.69, 9.17) is 9.84 Å². The Morgan fingerprint density at radius 3 is 2.39 bits per heavy atom. The average molecular weight is 328 g/mol. The number of carbonyl (C=O) groups is 3. The van der Waals surface area contributed by atoms with Crippen LogP contribution in [-0.4, -0.2) is 71.6 Å². The third-order valence-corrected chi connectivity index (χ3v) is 3.82. The van der Waals surface area contributed by atoms with Crippen LogP contribution in [0.25, 0.3) is 0 Å². The fourth-order valence-electron chi connectivity index (χ4n) is 2.63. The molecule has 1 saturated heterocycles. The van der Waals surface area contributed by atoms with Crippen molar-refractivity contribution in [3.8, 4) is 0 Å². The molecule has 0 aromatic carbocycles. The van der Waals surface area contributed by atoms with Gasteiger partial charge in [-0.1, -0.05) is 13.8 Å². The maximum atomic E-state index is 12.1. The molecular formula is C16H28N2O5. The van der Waals surface area contributed by atoms with Crippen LogP contribution in [0.2, 0.25) is 0 Å². The van der Waals surface area contributed by atoms with Crippen molar-refractivity contribution < 1.29 is 24.2 Å². The van der Waals surface area contributed by atoms with Crippen molar-refractivity contribution in [1.82, 2.24) is 9.80 Å². The zero-order valence-corrected chi connectivity index (χ0v) is 14.1. The van der Waals surface area contributed by atoms with Crippen LogP contribution >= 0.6 is 0 Å². The molecule has 132 valence electrons. The number of carboxylic acids is 1. The lowest BCUT2D eigenvalue weighted by molar-refractivity contribution is -0.159. The second-order valence-corrected chi connectivity index (χ2v) is 5.77. The van der Waals surface area contributed by atoms with Gasteiger partial charge in [0, 0.05) is 32.5 Å². The maximum absolute atomic E-state index is 12.1. The predicted molar refractivity (Wildman–Crippen MR) is 85.0 cm³/mol. The lowest BCUT2D eigenvalue weighted by Gasteiger charge is -2.31. The highest BCUT2D eigenvalue weighted by Gasteiger charge is 2.28. The lowest BCUT2D eigenvalue weighted by Crippen LogP contribution is -2.48. The minimum Gasteiger partial charge on any atom is -0.479 e. The molecule has 1 aliphatic heterocycles. The number of carboxylic acid groups (broad SMARTS) is 1. The summed E-state index contributed by atoms with van der Waals surface area (Å²) in [6.45, 7) is 6.32. The van der Waals surface area contributed by atoms with Crippen LogP contribution in [0.15, 0.2) is 0 Å². The summed E-state index contributed by atoms with van der Waals surface area (Å²) in [6, 6.07) is 0. The van der Waals surface area contributed by atoms with Gasteiger partial charge in [0.15, 0.2) is 6.10 Å². The summed E-state index contributed by atoms with van der Waals surface area (Å²) >= 11 is 0. The molecule has 1 atom stereocenters. The van der Waals surface area contributed by atoms with E-state index in [-0.39, 0.29) is 31.4 Å². The Kier molecular flexibility index (Phi) is 8.61. The Morgan fingerprint density at radius 2 is 1.83 bits per heavy atom. The number of aliphatic carboxylic acids is 1. The van der Waals surface area contributed by atoms with E-state index >= 15 is 0 Å². The van der Waals surface area contributed by atoms with Gasteiger partial charge in [0.05, 0.1) is 13.2 Å². The smallest absolute Gasteiger partial charge is 0.334 e. The van der Waals surface area contributed by atoms with Crippen LogP contribution in [-0.2, 0) is 19.1 Å². The molecule has 1 unspecified atom stereocenters. The van der Waals surface area contributed by atoms with Crippen molar-refractivity contribution in [2.24, 2.45) is 0 Å². The summed E-state index contributed by atoms with van der Waals surface area (Å²) in [4.78, 5) is 38.5. The normalized spacial score (nSPS) is 17.8. The standard InChI is InChI=1S/C16H28N2O5/c1-3-8-17(9-4-2)14(19)6-5-7-15(20)18-10-11-23-13(12-18)16(21)22/h13H,3-12H2,1-2H3,(H,21,22). The molecule has 1 N–H and O–H groups in total. The molecule has 2 amide bonds. The molecule has 1 heterocycles. The van der Waals surface area contributed by atoms with E-state index in [1.807, 2.05) is 18.7 Å². The number of amides is 2. The molecule has 7 nitrogen and oxygen atoms in total. The molecule has 7 heteroatoms. The van der Waals surface area contributed by atoms with E-state index in [1.54, 1.807) is 0 Å². The first-order valence-corrected chi connectivity index (χ1v) is 8.39. The fourth-order valence-corrected chi connectivity index (χ4v) is 2.63. The largest absolute Gasteiger partial charge is 0.479 e. The monoisotopic (exact) mass is 328 g/mol. The third kappa shape index (κ3) is 6.56. The zero-order chi connectivity index (χ0) is 17.2. The Hall–Kier alpha value is -1.63. The SMILES string of the molecule is CCCN(CCC)C(=O)CCCC(=O)N1CCOC(C(=O)O)C1. The summed E-state index contributed by atoms with van der Waals surface area (Å²) in [7, 11) is 0. The van der Waals surface area contributed by atoms with Crippen molar-refractivity contribution in [2.45, 2.75) is 52.1 Å². The van der Waals surface area contributed by atoms with Crippen LogP contribution in [0.4, 0.5) is 0 Å². The topological polar surface area (TPSA) is 87.2 Å². The zero-order valence-electron chi connectivity index (χ0n) is 14.1. The van der Waals surface area contributed by atoms with Gasteiger partial charge >= 0.3 is 5.97 Å². The Balaban J connectivity index is 2.35. The molecule has 0 aromatic rings. The van der Waals surface area contributed by atoms with Gasteiger partial charge in [-0.05, 0) is 19.3 Å². The van der Waals surface area contributed by atoms with Crippen molar-refractivity contribution in [1.29, 1.82) is 0 Å². The third-order valence-electron chi connectivity index (χ3n) is 3.82. The maximum Gasteiger partial charge on any atom is 0.334 e. The summed E-state index contributed by atoms with van der Waals surface area (Å²) < 4.78 is 5.09. The lowest BCUT2D eigenvalue weighted by atomic mass is 10.1. The minimum atomic E-state index is -1.05. The number of hydrogen-bond donors (Lipinski definition) is 1. The van der Waals surface area contributed by atoms with Crippen molar-refractivity contribution in [2.75, 3.05) is 32.8 Å². The quantitative estimate of drug-likeness (QED) is 0.685. The highest BCUT2D eigenvalue weighted by molar-refractivity contribution is 5.80. The molecule has 23 heavy (non-hydrogen) atoms. The average Bonchev–Trinajstić information content (AvgIpc) is 2.54. The summed E-state index contributed by atoms with van der Waals surface area (Å²) in [5.74, 6) is -1.07. The molecule has 0 saturated carbocycles. The first-order chi connectivity index (χ1) is 11.0. The highest BCUT2D eigenvalue weighted by atomic mass is 16.5. The molecule has 1 fully saturated rings. The second kappa shape index (κ2) is 10.2. The first kappa shape index (κ1) is 19.4.